The molecular formula is C12H12FN3OS2. The second kappa shape index (κ2) is 6.63. The van der Waals surface area contributed by atoms with Gasteiger partial charge >= 0.3 is 0 Å². The molecule has 0 atom stereocenters. The third-order valence-corrected chi connectivity index (χ3v) is 4.21. The number of aryl methyl sites for hydroxylation is 1. The molecule has 2 aromatic rings. The molecule has 0 spiro atoms. The molecule has 2 rings (SSSR count). The van der Waals surface area contributed by atoms with E-state index in [2.05, 4.69) is 15.5 Å². The molecule has 0 radical (unpaired) electrons. The molecule has 0 aliphatic rings. The molecule has 0 saturated heterocycles. The molecule has 1 N–H and O–H groups in total. The van der Waals surface area contributed by atoms with Gasteiger partial charge < -0.3 is 5.32 Å². The van der Waals surface area contributed by atoms with E-state index in [0.717, 1.165) is 14.9 Å². The van der Waals surface area contributed by atoms with E-state index in [1.165, 1.54) is 35.2 Å². The highest BCUT2D eigenvalue weighted by molar-refractivity contribution is 8.01. The molecule has 0 aliphatic carbocycles. The number of benzene rings is 1. The van der Waals surface area contributed by atoms with Gasteiger partial charge in [0.25, 0.3) is 0 Å². The highest BCUT2D eigenvalue weighted by atomic mass is 32.2. The van der Waals surface area contributed by atoms with E-state index in [1.807, 2.05) is 6.92 Å². The van der Waals surface area contributed by atoms with Crippen molar-refractivity contribution in [3.8, 4) is 0 Å². The van der Waals surface area contributed by atoms with Crippen molar-refractivity contribution in [3.63, 3.8) is 0 Å². The molecule has 19 heavy (non-hydrogen) atoms. The zero-order valence-corrected chi connectivity index (χ0v) is 11.9. The van der Waals surface area contributed by atoms with Crippen LogP contribution in [0.5, 0.6) is 0 Å². The van der Waals surface area contributed by atoms with E-state index >= 15 is 0 Å². The fraction of sp³-hybridized carbons (Fsp3) is 0.250. The summed E-state index contributed by atoms with van der Waals surface area (Å²) in [6, 6.07) is 6.05. The van der Waals surface area contributed by atoms with Gasteiger partial charge in [0.2, 0.25) is 5.91 Å². The van der Waals surface area contributed by atoms with Crippen LogP contribution in [0.25, 0.3) is 0 Å². The van der Waals surface area contributed by atoms with Gasteiger partial charge in [-0.25, -0.2) is 4.39 Å². The number of nitrogens with one attached hydrogen (secondary N) is 1. The Morgan fingerprint density at radius 2 is 2.11 bits per heavy atom. The summed E-state index contributed by atoms with van der Waals surface area (Å²) in [6.07, 6.45) is 0. The van der Waals surface area contributed by atoms with Crippen molar-refractivity contribution in [2.75, 3.05) is 5.75 Å². The van der Waals surface area contributed by atoms with Gasteiger partial charge in [-0.2, -0.15) is 0 Å². The third kappa shape index (κ3) is 4.60. The van der Waals surface area contributed by atoms with Crippen LogP contribution in [0.3, 0.4) is 0 Å². The maximum atomic E-state index is 12.7. The Morgan fingerprint density at radius 3 is 2.74 bits per heavy atom. The second-order valence-corrected chi connectivity index (χ2v) is 6.18. The fourth-order valence-corrected chi connectivity index (χ4v) is 2.96. The lowest BCUT2D eigenvalue weighted by molar-refractivity contribution is -0.118. The Bertz CT molecular complexity index is 556. The first-order chi connectivity index (χ1) is 9.13. The first kappa shape index (κ1) is 14.0. The van der Waals surface area contributed by atoms with Gasteiger partial charge in [0.05, 0.1) is 5.75 Å². The van der Waals surface area contributed by atoms with Crippen molar-refractivity contribution < 1.29 is 9.18 Å². The van der Waals surface area contributed by atoms with Crippen molar-refractivity contribution in [2.45, 2.75) is 17.8 Å². The number of carbonyl (C=O) groups is 1. The smallest absolute Gasteiger partial charge is 0.230 e. The van der Waals surface area contributed by atoms with Crippen molar-refractivity contribution in [3.05, 3.63) is 40.7 Å². The van der Waals surface area contributed by atoms with Crippen molar-refractivity contribution >= 4 is 29.0 Å². The van der Waals surface area contributed by atoms with Crippen molar-refractivity contribution in [1.82, 2.24) is 15.5 Å². The number of thioether (sulfide) groups is 1. The topological polar surface area (TPSA) is 54.9 Å². The van der Waals surface area contributed by atoms with Crippen LogP contribution in [0.2, 0.25) is 0 Å². The molecule has 0 saturated carbocycles. The standard InChI is InChI=1S/C12H12FN3OS2/c1-8-15-16-12(19-8)18-7-11(17)14-6-9-2-4-10(13)5-3-9/h2-5H,6-7H2,1H3,(H,14,17). The number of aromatic nitrogens is 2. The van der Waals surface area contributed by atoms with E-state index < -0.39 is 0 Å². The minimum atomic E-state index is -0.280. The number of carbonyl (C=O) groups excluding carboxylic acids is 1. The molecule has 0 unspecified atom stereocenters. The Hall–Kier alpha value is -1.47. The van der Waals surface area contributed by atoms with Gasteiger partial charge in [0.1, 0.15) is 10.8 Å². The normalized spacial score (nSPS) is 10.4. The second-order valence-electron chi connectivity index (χ2n) is 3.78. The maximum absolute atomic E-state index is 12.7. The molecule has 0 bridgehead atoms. The first-order valence-electron chi connectivity index (χ1n) is 5.57. The number of hydrogen-bond acceptors (Lipinski definition) is 5. The maximum Gasteiger partial charge on any atom is 0.230 e. The minimum Gasteiger partial charge on any atom is -0.351 e. The summed E-state index contributed by atoms with van der Waals surface area (Å²) in [6.45, 7) is 2.27. The first-order valence-corrected chi connectivity index (χ1v) is 7.38. The summed E-state index contributed by atoms with van der Waals surface area (Å²) in [5, 5.41) is 11.5. The quantitative estimate of drug-likeness (QED) is 0.861. The summed E-state index contributed by atoms with van der Waals surface area (Å²) in [4.78, 5) is 11.6. The predicted octanol–water partition coefficient (Wildman–Crippen LogP) is 2.39. The van der Waals surface area contributed by atoms with Crippen LogP contribution in [0.1, 0.15) is 10.6 Å². The average Bonchev–Trinajstić information content (AvgIpc) is 2.81. The van der Waals surface area contributed by atoms with Crippen LogP contribution in [0.4, 0.5) is 4.39 Å². The van der Waals surface area contributed by atoms with Crippen LogP contribution in [0.15, 0.2) is 28.6 Å². The molecule has 0 fully saturated rings. The van der Waals surface area contributed by atoms with E-state index in [-0.39, 0.29) is 11.7 Å². The van der Waals surface area contributed by atoms with Gasteiger partial charge in [0.15, 0.2) is 4.34 Å². The molecule has 0 aliphatic heterocycles. The SMILES string of the molecule is Cc1nnc(SCC(=O)NCc2ccc(F)cc2)s1. The van der Waals surface area contributed by atoms with Gasteiger partial charge in [0, 0.05) is 6.54 Å². The zero-order valence-electron chi connectivity index (χ0n) is 10.2. The predicted molar refractivity (Wildman–Crippen MR) is 73.6 cm³/mol. The lowest BCUT2D eigenvalue weighted by Crippen LogP contribution is -2.24. The minimum absolute atomic E-state index is 0.0813. The van der Waals surface area contributed by atoms with Crippen LogP contribution in [-0.4, -0.2) is 21.9 Å². The summed E-state index contributed by atoms with van der Waals surface area (Å²) < 4.78 is 13.5. The number of amides is 1. The number of hydrogen-bond donors (Lipinski definition) is 1. The van der Waals surface area contributed by atoms with Gasteiger partial charge in [-0.1, -0.05) is 35.2 Å². The van der Waals surface area contributed by atoms with Crippen LogP contribution >= 0.6 is 23.1 Å². The Balaban J connectivity index is 1.74. The average molecular weight is 297 g/mol. The summed E-state index contributed by atoms with van der Waals surface area (Å²) in [7, 11) is 0. The van der Waals surface area contributed by atoms with E-state index in [1.54, 1.807) is 12.1 Å². The molecular weight excluding hydrogens is 285 g/mol. The van der Waals surface area contributed by atoms with Crippen LogP contribution in [-0.2, 0) is 11.3 Å². The van der Waals surface area contributed by atoms with Gasteiger partial charge in [-0.3, -0.25) is 4.79 Å². The monoisotopic (exact) mass is 297 g/mol. The molecule has 1 amide bonds. The number of nitrogens with zero attached hydrogens (tertiary/aromatic N) is 2. The van der Waals surface area contributed by atoms with Crippen molar-refractivity contribution in [1.29, 1.82) is 0 Å². The Morgan fingerprint density at radius 1 is 1.37 bits per heavy atom. The van der Waals surface area contributed by atoms with E-state index in [9.17, 15) is 9.18 Å². The van der Waals surface area contributed by atoms with E-state index in [0.29, 0.717) is 12.3 Å². The van der Waals surface area contributed by atoms with Gasteiger partial charge in [-0.15, -0.1) is 10.2 Å². The number of halogens is 1. The molecule has 7 heteroatoms. The van der Waals surface area contributed by atoms with Crippen molar-refractivity contribution in [2.24, 2.45) is 0 Å². The Kier molecular flexibility index (Phi) is 4.86. The molecule has 1 heterocycles. The van der Waals surface area contributed by atoms with E-state index in [4.69, 9.17) is 0 Å². The lowest BCUT2D eigenvalue weighted by atomic mass is 10.2. The fourth-order valence-electron chi connectivity index (χ4n) is 1.32. The van der Waals surface area contributed by atoms with Crippen LogP contribution in [0, 0.1) is 12.7 Å². The molecule has 1 aromatic carbocycles. The summed E-state index contributed by atoms with van der Waals surface area (Å²) >= 11 is 2.82. The largest absolute Gasteiger partial charge is 0.351 e. The number of rotatable bonds is 5. The highest BCUT2D eigenvalue weighted by Crippen LogP contribution is 2.21. The lowest BCUT2D eigenvalue weighted by Gasteiger charge is -2.04. The zero-order chi connectivity index (χ0) is 13.7. The molecule has 100 valence electrons. The van der Waals surface area contributed by atoms with Gasteiger partial charge in [-0.05, 0) is 24.6 Å². The van der Waals surface area contributed by atoms with Crippen LogP contribution < -0.4 is 5.32 Å². The molecule has 4 nitrogen and oxygen atoms in total. The summed E-state index contributed by atoms with van der Waals surface area (Å²) in [5.41, 5.74) is 0.867. The highest BCUT2D eigenvalue weighted by Gasteiger charge is 2.06. The Labute approximate surface area is 118 Å². The third-order valence-electron chi connectivity index (χ3n) is 2.24. The summed E-state index contributed by atoms with van der Waals surface area (Å²) in [5.74, 6) is -0.0602. The molecule has 1 aromatic heterocycles.